The lowest BCUT2D eigenvalue weighted by molar-refractivity contribution is 0.413. The third kappa shape index (κ3) is 3.94. The minimum Gasteiger partial charge on any atom is -0.497 e. The second-order valence-corrected chi connectivity index (χ2v) is 5.11. The van der Waals surface area contributed by atoms with Crippen molar-refractivity contribution in [1.29, 1.82) is 0 Å². The molecule has 90 valence electrons. The average Bonchev–Trinajstić information content (AvgIpc) is 2.28. The molecule has 0 bridgehead atoms. The van der Waals surface area contributed by atoms with Gasteiger partial charge in [0.2, 0.25) is 0 Å². The monoisotopic (exact) mass is 241 g/mol. The molecule has 0 heterocycles. The van der Waals surface area contributed by atoms with Gasteiger partial charge in [0, 0.05) is 28.9 Å². The van der Waals surface area contributed by atoms with Crippen molar-refractivity contribution in [1.82, 2.24) is 5.32 Å². The van der Waals surface area contributed by atoms with Gasteiger partial charge in [-0.15, -0.1) is 0 Å². The van der Waals surface area contributed by atoms with E-state index in [1.54, 1.807) is 13.4 Å². The molecule has 0 aromatic heterocycles. The van der Waals surface area contributed by atoms with Gasteiger partial charge in [-0.25, -0.2) is 0 Å². The van der Waals surface area contributed by atoms with Crippen molar-refractivity contribution in [3.8, 4) is 5.75 Å². The first-order chi connectivity index (χ1) is 7.67. The largest absolute Gasteiger partial charge is 0.497 e. The van der Waals surface area contributed by atoms with Gasteiger partial charge in [0.15, 0.2) is 0 Å². The fourth-order valence-corrected chi connectivity index (χ4v) is 2.39. The quantitative estimate of drug-likeness (QED) is 0.824. The van der Waals surface area contributed by atoms with Crippen LogP contribution in [0, 0.1) is 0 Å². The zero-order valence-corrected chi connectivity index (χ0v) is 10.8. The minimum atomic E-state index is -0.809. The Labute approximate surface area is 99.7 Å². The summed E-state index contributed by atoms with van der Waals surface area (Å²) in [5.41, 5.74) is 1.12. The Balaban J connectivity index is 2.86. The maximum atomic E-state index is 11.3. The van der Waals surface area contributed by atoms with E-state index in [0.717, 1.165) is 17.9 Å². The van der Waals surface area contributed by atoms with Crippen LogP contribution in [0.3, 0.4) is 0 Å². The van der Waals surface area contributed by atoms with Crippen LogP contribution in [0.5, 0.6) is 5.75 Å². The van der Waals surface area contributed by atoms with Crippen molar-refractivity contribution >= 4 is 10.8 Å². The van der Waals surface area contributed by atoms with Crippen LogP contribution >= 0.6 is 0 Å². The summed E-state index contributed by atoms with van der Waals surface area (Å²) in [6.45, 7) is 2.91. The Morgan fingerprint density at radius 2 is 2.25 bits per heavy atom. The molecule has 0 aliphatic rings. The van der Waals surface area contributed by atoms with E-state index in [0.29, 0.717) is 5.75 Å². The summed E-state index contributed by atoms with van der Waals surface area (Å²) in [4.78, 5) is 0. The highest BCUT2D eigenvalue weighted by molar-refractivity contribution is 7.84. The number of hydrogen-bond acceptors (Lipinski definition) is 3. The Bertz CT molecular complexity index is 355. The summed E-state index contributed by atoms with van der Waals surface area (Å²) in [5, 5.41) is 3.33. The van der Waals surface area contributed by atoms with E-state index >= 15 is 0 Å². The van der Waals surface area contributed by atoms with Gasteiger partial charge in [-0.3, -0.25) is 4.21 Å². The summed E-state index contributed by atoms with van der Waals surface area (Å²) in [5.74, 6) is 1.46. The van der Waals surface area contributed by atoms with E-state index in [2.05, 4.69) is 5.32 Å². The van der Waals surface area contributed by atoms with E-state index < -0.39 is 10.8 Å². The number of rotatable bonds is 6. The van der Waals surface area contributed by atoms with Crippen LogP contribution in [-0.4, -0.2) is 29.9 Å². The third-order valence-corrected chi connectivity index (χ3v) is 3.15. The Morgan fingerprint density at radius 1 is 1.50 bits per heavy atom. The van der Waals surface area contributed by atoms with Gasteiger partial charge in [0.1, 0.15) is 5.75 Å². The summed E-state index contributed by atoms with van der Waals surface area (Å²) in [6, 6.07) is 8.01. The SMILES string of the molecule is CCNC(CS(C)=O)c1cccc(OC)c1. The molecule has 1 aromatic carbocycles. The lowest BCUT2D eigenvalue weighted by Crippen LogP contribution is -2.25. The van der Waals surface area contributed by atoms with Crippen LogP contribution < -0.4 is 10.1 Å². The summed E-state index contributed by atoms with van der Waals surface area (Å²) < 4.78 is 16.5. The molecule has 0 amide bonds. The van der Waals surface area contributed by atoms with E-state index in [4.69, 9.17) is 4.74 Å². The highest BCUT2D eigenvalue weighted by Gasteiger charge is 2.12. The molecule has 4 heteroatoms. The Hall–Kier alpha value is -0.870. The van der Waals surface area contributed by atoms with Gasteiger partial charge in [0.25, 0.3) is 0 Å². The summed E-state index contributed by atoms with van der Waals surface area (Å²) in [7, 11) is 0.843. The molecule has 0 saturated carbocycles. The highest BCUT2D eigenvalue weighted by atomic mass is 32.2. The van der Waals surface area contributed by atoms with Crippen LogP contribution in [0.15, 0.2) is 24.3 Å². The Kier molecular flexibility index (Phi) is 5.49. The highest BCUT2D eigenvalue weighted by Crippen LogP contribution is 2.19. The fourth-order valence-electron chi connectivity index (χ4n) is 1.61. The van der Waals surface area contributed by atoms with Gasteiger partial charge in [-0.1, -0.05) is 19.1 Å². The first-order valence-corrected chi connectivity index (χ1v) is 7.07. The van der Waals surface area contributed by atoms with Crippen LogP contribution in [0.4, 0.5) is 0 Å². The fraction of sp³-hybridized carbons (Fsp3) is 0.500. The second-order valence-electron chi connectivity index (χ2n) is 3.63. The van der Waals surface area contributed by atoms with Gasteiger partial charge < -0.3 is 10.1 Å². The standard InChI is InChI=1S/C12H19NO2S/c1-4-13-12(9-16(3)14)10-6-5-7-11(8-10)15-2/h5-8,12-13H,4,9H2,1-3H3. The van der Waals surface area contributed by atoms with E-state index in [1.807, 2.05) is 31.2 Å². The van der Waals surface area contributed by atoms with Crippen molar-refractivity contribution in [2.24, 2.45) is 0 Å². The normalized spacial score (nSPS) is 14.4. The minimum absolute atomic E-state index is 0.130. The van der Waals surface area contributed by atoms with Gasteiger partial charge in [-0.05, 0) is 24.2 Å². The van der Waals surface area contributed by atoms with E-state index in [1.165, 1.54) is 0 Å². The first-order valence-electron chi connectivity index (χ1n) is 5.34. The van der Waals surface area contributed by atoms with Crippen molar-refractivity contribution in [2.75, 3.05) is 25.7 Å². The zero-order valence-electron chi connectivity index (χ0n) is 10.0. The molecule has 16 heavy (non-hydrogen) atoms. The van der Waals surface area contributed by atoms with Crippen LogP contribution in [0.1, 0.15) is 18.5 Å². The predicted octanol–water partition coefficient (Wildman–Crippen LogP) is 1.72. The predicted molar refractivity (Wildman–Crippen MR) is 68.3 cm³/mol. The average molecular weight is 241 g/mol. The number of nitrogens with one attached hydrogen (secondary N) is 1. The van der Waals surface area contributed by atoms with Gasteiger partial charge in [0.05, 0.1) is 7.11 Å². The van der Waals surface area contributed by atoms with Crippen molar-refractivity contribution in [3.05, 3.63) is 29.8 Å². The molecule has 1 rings (SSSR count). The molecule has 0 aliphatic heterocycles. The molecule has 1 aromatic rings. The number of ether oxygens (including phenoxy) is 1. The summed E-state index contributed by atoms with van der Waals surface area (Å²) in [6.07, 6.45) is 1.73. The lowest BCUT2D eigenvalue weighted by Gasteiger charge is -2.17. The van der Waals surface area contributed by atoms with Crippen LogP contribution in [0.25, 0.3) is 0 Å². The van der Waals surface area contributed by atoms with Crippen molar-refractivity contribution in [3.63, 3.8) is 0 Å². The molecule has 2 atom stereocenters. The Morgan fingerprint density at radius 3 is 2.81 bits per heavy atom. The molecule has 3 nitrogen and oxygen atoms in total. The topological polar surface area (TPSA) is 38.3 Å². The summed E-state index contributed by atoms with van der Waals surface area (Å²) >= 11 is 0. The molecule has 1 N–H and O–H groups in total. The lowest BCUT2D eigenvalue weighted by atomic mass is 10.1. The molecule has 0 aliphatic carbocycles. The van der Waals surface area contributed by atoms with E-state index in [-0.39, 0.29) is 6.04 Å². The van der Waals surface area contributed by atoms with Crippen LogP contribution in [-0.2, 0) is 10.8 Å². The molecule has 0 saturated heterocycles. The number of hydrogen-bond donors (Lipinski definition) is 1. The smallest absolute Gasteiger partial charge is 0.119 e. The second kappa shape index (κ2) is 6.66. The number of methoxy groups -OCH3 is 1. The molecular formula is C12H19NO2S. The maximum Gasteiger partial charge on any atom is 0.119 e. The first kappa shape index (κ1) is 13.2. The molecule has 0 radical (unpaired) electrons. The van der Waals surface area contributed by atoms with Crippen molar-refractivity contribution < 1.29 is 8.95 Å². The molecule has 2 unspecified atom stereocenters. The molecule has 0 spiro atoms. The number of benzene rings is 1. The molecule has 0 fully saturated rings. The van der Waals surface area contributed by atoms with Gasteiger partial charge in [-0.2, -0.15) is 0 Å². The zero-order chi connectivity index (χ0) is 12.0. The third-order valence-electron chi connectivity index (χ3n) is 2.35. The van der Waals surface area contributed by atoms with E-state index in [9.17, 15) is 4.21 Å². The van der Waals surface area contributed by atoms with Crippen molar-refractivity contribution in [2.45, 2.75) is 13.0 Å². The molecular weight excluding hydrogens is 222 g/mol. The maximum absolute atomic E-state index is 11.3. The van der Waals surface area contributed by atoms with Gasteiger partial charge >= 0.3 is 0 Å². The van der Waals surface area contributed by atoms with Crippen LogP contribution in [0.2, 0.25) is 0 Å².